The largest absolute Gasteiger partial charge is 0.385 e. The zero-order chi connectivity index (χ0) is 12.0. The van der Waals surface area contributed by atoms with Gasteiger partial charge in [0.2, 0.25) is 0 Å². The van der Waals surface area contributed by atoms with Crippen molar-refractivity contribution >= 4 is 34.8 Å². The third kappa shape index (κ3) is 3.68. The summed E-state index contributed by atoms with van der Waals surface area (Å²) in [4.78, 5) is 4.14. The second kappa shape index (κ2) is 6.75. The second-order valence-corrected chi connectivity index (χ2v) is 3.88. The van der Waals surface area contributed by atoms with Crippen LogP contribution >= 0.6 is 23.2 Å². The molecular formula is C9H14Cl2N4O. The fourth-order valence-electron chi connectivity index (χ4n) is 1.12. The first kappa shape index (κ1) is 13.3. The first-order valence-electron chi connectivity index (χ1n) is 4.74. The molecule has 0 saturated heterocycles. The van der Waals surface area contributed by atoms with Crippen molar-refractivity contribution in [3.05, 3.63) is 16.1 Å². The van der Waals surface area contributed by atoms with Crippen LogP contribution in [-0.2, 0) is 4.74 Å². The second-order valence-electron chi connectivity index (χ2n) is 3.07. The first-order valence-corrected chi connectivity index (χ1v) is 5.50. The first-order chi connectivity index (χ1) is 7.69. The van der Waals surface area contributed by atoms with E-state index in [0.29, 0.717) is 34.8 Å². The molecule has 1 rings (SSSR count). The zero-order valence-electron chi connectivity index (χ0n) is 8.89. The number of rotatable bonds is 6. The lowest BCUT2D eigenvalue weighted by Gasteiger charge is -2.10. The number of halogens is 2. The van der Waals surface area contributed by atoms with Gasteiger partial charge in [-0.25, -0.2) is 10.8 Å². The quantitative estimate of drug-likeness (QED) is 0.417. The van der Waals surface area contributed by atoms with Gasteiger partial charge in [0.25, 0.3) is 0 Å². The van der Waals surface area contributed by atoms with Crippen molar-refractivity contribution in [3.8, 4) is 0 Å². The van der Waals surface area contributed by atoms with Gasteiger partial charge >= 0.3 is 0 Å². The van der Waals surface area contributed by atoms with E-state index in [1.807, 2.05) is 0 Å². The Hall–Kier alpha value is -0.750. The van der Waals surface area contributed by atoms with E-state index in [9.17, 15) is 0 Å². The van der Waals surface area contributed by atoms with Crippen LogP contribution in [0.4, 0.5) is 11.6 Å². The Morgan fingerprint density at radius 3 is 2.69 bits per heavy atom. The average molecular weight is 265 g/mol. The van der Waals surface area contributed by atoms with E-state index in [0.717, 1.165) is 6.42 Å². The molecule has 16 heavy (non-hydrogen) atoms. The summed E-state index contributed by atoms with van der Waals surface area (Å²) in [6.07, 6.45) is 0.864. The predicted octanol–water partition coefficient (Wildman–Crippen LogP) is 2.12. The van der Waals surface area contributed by atoms with Gasteiger partial charge in [0.05, 0.1) is 10.0 Å². The summed E-state index contributed by atoms with van der Waals surface area (Å²) < 4.78 is 4.93. The maximum Gasteiger partial charge on any atom is 0.161 e. The van der Waals surface area contributed by atoms with Crippen molar-refractivity contribution in [2.45, 2.75) is 6.42 Å². The number of hydrogen-bond donors (Lipinski definition) is 3. The number of anilines is 2. The van der Waals surface area contributed by atoms with Gasteiger partial charge in [-0.2, -0.15) is 0 Å². The fraction of sp³-hybridized carbons (Fsp3) is 0.444. The Kier molecular flexibility index (Phi) is 5.62. The number of ether oxygens (including phenoxy) is 1. The van der Waals surface area contributed by atoms with Crippen molar-refractivity contribution in [2.24, 2.45) is 5.84 Å². The van der Waals surface area contributed by atoms with Crippen LogP contribution in [0.3, 0.4) is 0 Å². The highest BCUT2D eigenvalue weighted by Gasteiger charge is 2.07. The van der Waals surface area contributed by atoms with E-state index in [-0.39, 0.29) is 0 Å². The fourth-order valence-corrected chi connectivity index (χ4v) is 1.60. The van der Waals surface area contributed by atoms with E-state index in [1.54, 1.807) is 13.2 Å². The van der Waals surface area contributed by atoms with Crippen molar-refractivity contribution in [1.82, 2.24) is 4.98 Å². The Bertz CT molecular complexity index is 349. The van der Waals surface area contributed by atoms with Gasteiger partial charge in [-0.05, 0) is 12.5 Å². The van der Waals surface area contributed by atoms with Gasteiger partial charge in [-0.3, -0.25) is 0 Å². The number of nitrogens with one attached hydrogen (secondary N) is 2. The minimum absolute atomic E-state index is 0.384. The van der Waals surface area contributed by atoms with E-state index in [2.05, 4.69) is 15.7 Å². The molecule has 7 heteroatoms. The van der Waals surface area contributed by atoms with Crippen molar-refractivity contribution in [2.75, 3.05) is 31.0 Å². The molecule has 5 nitrogen and oxygen atoms in total. The van der Waals surface area contributed by atoms with Crippen LogP contribution in [0.15, 0.2) is 6.07 Å². The number of methoxy groups -OCH3 is 1. The number of aromatic nitrogens is 1. The molecule has 0 fully saturated rings. The van der Waals surface area contributed by atoms with Crippen molar-refractivity contribution in [3.63, 3.8) is 0 Å². The summed E-state index contributed by atoms with van der Waals surface area (Å²) >= 11 is 11.8. The molecule has 1 aromatic rings. The number of hydrazine groups is 1. The van der Waals surface area contributed by atoms with Crippen LogP contribution in [0.2, 0.25) is 10.0 Å². The lowest BCUT2D eigenvalue weighted by Crippen LogP contribution is -2.12. The van der Waals surface area contributed by atoms with Gasteiger partial charge in [-0.15, -0.1) is 0 Å². The topological polar surface area (TPSA) is 72.2 Å². The SMILES string of the molecule is COCCCNc1nc(NN)c(Cl)cc1Cl. The van der Waals surface area contributed by atoms with Gasteiger partial charge in [0.1, 0.15) is 5.82 Å². The van der Waals surface area contributed by atoms with Gasteiger partial charge in [0.15, 0.2) is 5.82 Å². The molecule has 4 N–H and O–H groups in total. The molecule has 0 aliphatic rings. The smallest absolute Gasteiger partial charge is 0.161 e. The monoisotopic (exact) mass is 264 g/mol. The number of hydrogen-bond acceptors (Lipinski definition) is 5. The standard InChI is InChI=1S/C9H14Cl2N4O/c1-16-4-2-3-13-8-6(10)5-7(11)9(14-8)15-12/h5H,2-4,12H2,1H3,(H2,13,14,15). The van der Waals surface area contributed by atoms with Crippen LogP contribution in [0, 0.1) is 0 Å². The molecule has 0 aliphatic carbocycles. The lowest BCUT2D eigenvalue weighted by molar-refractivity contribution is 0.198. The lowest BCUT2D eigenvalue weighted by atomic mass is 10.4. The third-order valence-electron chi connectivity index (χ3n) is 1.88. The predicted molar refractivity (Wildman–Crippen MR) is 67.0 cm³/mol. The Balaban J connectivity index is 2.64. The van der Waals surface area contributed by atoms with E-state index in [1.165, 1.54) is 0 Å². The molecule has 0 amide bonds. The Morgan fingerprint density at radius 2 is 2.06 bits per heavy atom. The number of nitrogen functional groups attached to an aromatic ring is 1. The summed E-state index contributed by atoms with van der Waals surface area (Å²) in [5.41, 5.74) is 2.40. The van der Waals surface area contributed by atoms with Gasteiger partial charge < -0.3 is 15.5 Å². The minimum Gasteiger partial charge on any atom is -0.385 e. The molecule has 0 saturated carbocycles. The van der Waals surface area contributed by atoms with Crippen molar-refractivity contribution in [1.29, 1.82) is 0 Å². The summed E-state index contributed by atoms with van der Waals surface area (Å²) in [6.45, 7) is 1.40. The number of pyridine rings is 1. The van der Waals surface area contributed by atoms with E-state index in [4.69, 9.17) is 33.8 Å². The van der Waals surface area contributed by atoms with Crippen LogP contribution in [0.5, 0.6) is 0 Å². The van der Waals surface area contributed by atoms with Crippen molar-refractivity contribution < 1.29 is 4.74 Å². The maximum absolute atomic E-state index is 5.96. The summed E-state index contributed by atoms with van der Waals surface area (Å²) in [6, 6.07) is 1.59. The average Bonchev–Trinajstić information content (AvgIpc) is 2.27. The summed E-state index contributed by atoms with van der Waals surface area (Å²) in [5, 5.41) is 3.92. The Morgan fingerprint density at radius 1 is 1.38 bits per heavy atom. The number of nitrogens with zero attached hydrogens (tertiary/aromatic N) is 1. The molecule has 0 aliphatic heterocycles. The molecule has 1 heterocycles. The normalized spacial score (nSPS) is 10.2. The highest BCUT2D eigenvalue weighted by atomic mass is 35.5. The molecule has 90 valence electrons. The Labute approximate surface area is 104 Å². The molecule has 0 unspecified atom stereocenters. The minimum atomic E-state index is 0.384. The molecule has 0 radical (unpaired) electrons. The highest BCUT2D eigenvalue weighted by Crippen LogP contribution is 2.28. The van der Waals surface area contributed by atoms with Crippen LogP contribution in [-0.4, -0.2) is 25.2 Å². The molecule has 1 aromatic heterocycles. The number of nitrogens with two attached hydrogens (primary N) is 1. The van der Waals surface area contributed by atoms with Crippen LogP contribution in [0.25, 0.3) is 0 Å². The van der Waals surface area contributed by atoms with E-state index >= 15 is 0 Å². The van der Waals surface area contributed by atoms with Gasteiger partial charge in [0, 0.05) is 20.3 Å². The summed E-state index contributed by atoms with van der Waals surface area (Å²) in [7, 11) is 1.66. The highest BCUT2D eigenvalue weighted by molar-refractivity contribution is 6.37. The molecular weight excluding hydrogens is 251 g/mol. The summed E-state index contributed by atoms with van der Waals surface area (Å²) in [5.74, 6) is 6.20. The van der Waals surface area contributed by atoms with Gasteiger partial charge in [-0.1, -0.05) is 23.2 Å². The molecule has 0 bridgehead atoms. The third-order valence-corrected chi connectivity index (χ3v) is 2.46. The maximum atomic E-state index is 5.96. The molecule has 0 spiro atoms. The van der Waals surface area contributed by atoms with E-state index < -0.39 is 0 Å². The van der Waals surface area contributed by atoms with Crippen LogP contribution in [0.1, 0.15) is 6.42 Å². The zero-order valence-corrected chi connectivity index (χ0v) is 10.4. The molecule has 0 aromatic carbocycles. The van der Waals surface area contributed by atoms with Crippen LogP contribution < -0.4 is 16.6 Å². The molecule has 0 atom stereocenters.